The van der Waals surface area contributed by atoms with Crippen molar-refractivity contribution in [3.8, 4) is 0 Å². The van der Waals surface area contributed by atoms with Gasteiger partial charge in [0, 0.05) is 17.9 Å². The monoisotopic (exact) mass is 520 g/mol. The summed E-state index contributed by atoms with van der Waals surface area (Å²) in [5.74, 6) is 0.399. The summed E-state index contributed by atoms with van der Waals surface area (Å²) in [5, 5.41) is 10.6. The van der Waals surface area contributed by atoms with Crippen molar-refractivity contribution in [3.05, 3.63) is 47.1 Å². The highest BCUT2D eigenvalue weighted by Crippen LogP contribution is 2.38. The largest absolute Gasteiger partial charge is 0.446 e. The molecule has 1 amide bonds. The second kappa shape index (κ2) is 10.4. The van der Waals surface area contributed by atoms with Crippen LogP contribution in [0.2, 0.25) is 5.02 Å². The fourth-order valence-electron chi connectivity index (χ4n) is 3.77. The maximum Gasteiger partial charge on any atom is 0.407 e. The maximum absolute atomic E-state index is 12.4. The fourth-order valence-corrected chi connectivity index (χ4v) is 4.50. The van der Waals surface area contributed by atoms with Crippen LogP contribution in [-0.2, 0) is 14.8 Å². The lowest BCUT2D eigenvalue weighted by Crippen LogP contribution is -2.37. The van der Waals surface area contributed by atoms with Crippen LogP contribution < -0.4 is 15.8 Å². The van der Waals surface area contributed by atoms with Gasteiger partial charge in [0.25, 0.3) is 0 Å². The first kappa shape index (κ1) is 26.0. The lowest BCUT2D eigenvalue weighted by atomic mass is 9.99. The Kier molecular flexibility index (Phi) is 7.94. The van der Waals surface area contributed by atoms with Crippen molar-refractivity contribution in [3.63, 3.8) is 0 Å². The van der Waals surface area contributed by atoms with Crippen LogP contribution in [0.3, 0.4) is 0 Å². The van der Waals surface area contributed by atoms with Crippen molar-refractivity contribution < 1.29 is 31.1 Å². The number of nitrogens with one attached hydrogen (secondary N) is 2. The van der Waals surface area contributed by atoms with Gasteiger partial charge in [-0.15, -0.1) is 0 Å². The van der Waals surface area contributed by atoms with Crippen LogP contribution in [0, 0.1) is 0 Å². The van der Waals surface area contributed by atoms with E-state index in [0.29, 0.717) is 35.8 Å². The fraction of sp³-hybridized carbons (Fsp3) is 0.429. The second-order valence-corrected chi connectivity index (χ2v) is 10.2. The van der Waals surface area contributed by atoms with Crippen molar-refractivity contribution in [2.75, 3.05) is 5.32 Å². The van der Waals surface area contributed by atoms with E-state index in [1.165, 1.54) is 31.2 Å². The summed E-state index contributed by atoms with van der Waals surface area (Å²) >= 11 is 6.36. The highest BCUT2D eigenvalue weighted by molar-refractivity contribution is 7.89. The van der Waals surface area contributed by atoms with Crippen molar-refractivity contribution in [2.45, 2.75) is 61.7 Å². The summed E-state index contributed by atoms with van der Waals surface area (Å²) in [6, 6.07) is 6.45. The number of nitrogens with two attached hydrogens (primary N) is 1. The number of pyridine rings is 1. The predicted molar refractivity (Wildman–Crippen MR) is 120 cm³/mol. The van der Waals surface area contributed by atoms with Gasteiger partial charge in [-0.05, 0) is 68.0 Å². The van der Waals surface area contributed by atoms with Gasteiger partial charge < -0.3 is 15.4 Å². The predicted octanol–water partition coefficient (Wildman–Crippen LogP) is 4.83. The first-order valence-electron chi connectivity index (χ1n) is 10.4. The molecular formula is C21H24ClF3N4O4S. The number of ether oxygens (including phenoxy) is 1. The molecule has 3 rings (SSSR count). The number of amides is 1. The van der Waals surface area contributed by atoms with Gasteiger partial charge in [0.05, 0.1) is 16.3 Å². The van der Waals surface area contributed by atoms with E-state index in [0.717, 1.165) is 5.56 Å². The van der Waals surface area contributed by atoms with Crippen molar-refractivity contribution >= 4 is 39.2 Å². The summed E-state index contributed by atoms with van der Waals surface area (Å²) in [7, 11) is -3.79. The molecule has 1 aliphatic rings. The summed E-state index contributed by atoms with van der Waals surface area (Å²) < 4.78 is 65.2. The molecule has 0 aliphatic heterocycles. The van der Waals surface area contributed by atoms with Crippen LogP contribution in [0.25, 0.3) is 0 Å². The van der Waals surface area contributed by atoms with Gasteiger partial charge >= 0.3 is 12.3 Å². The zero-order chi connectivity index (χ0) is 25.1. The minimum atomic E-state index is -4.37. The normalized spacial score (nSPS) is 19.5. The molecule has 8 nitrogen and oxygen atoms in total. The summed E-state index contributed by atoms with van der Waals surface area (Å²) in [5.41, 5.74) is 1.41. The minimum Gasteiger partial charge on any atom is -0.446 e. The number of hydrogen-bond acceptors (Lipinski definition) is 6. The molecule has 1 aromatic carbocycles. The van der Waals surface area contributed by atoms with E-state index in [1.807, 2.05) is 0 Å². The van der Waals surface area contributed by atoms with Crippen LogP contribution in [-0.4, -0.2) is 37.8 Å². The standard InChI is InChI=1S/C21H24ClF3N4O4S/c1-12(10-21(23,24)25)28-20(30)33-16-5-2-13(8-16)14-9-18(22)19(27-11-14)29-15-3-6-17(7-4-15)34(26,31)32/h3-4,6-7,9,11-13,16H,2,5,8,10H2,1H3,(H,27,29)(H,28,30)(H2,26,31,32)/t12-,13-,16+/m0/s1. The van der Waals surface area contributed by atoms with Gasteiger partial charge in [0.2, 0.25) is 10.0 Å². The van der Waals surface area contributed by atoms with E-state index in [1.54, 1.807) is 12.3 Å². The van der Waals surface area contributed by atoms with Gasteiger partial charge in [-0.2, -0.15) is 13.2 Å². The number of benzene rings is 1. The molecule has 4 N–H and O–H groups in total. The van der Waals surface area contributed by atoms with Gasteiger partial charge in [-0.1, -0.05) is 11.6 Å². The number of anilines is 2. The average molecular weight is 521 g/mol. The Morgan fingerprint density at radius 3 is 2.56 bits per heavy atom. The number of carbonyl (C=O) groups is 1. The lowest BCUT2D eigenvalue weighted by Gasteiger charge is -2.18. The zero-order valence-electron chi connectivity index (χ0n) is 18.1. The number of nitrogens with zero attached hydrogens (tertiary/aromatic N) is 1. The van der Waals surface area contributed by atoms with Gasteiger partial charge in [0.15, 0.2) is 0 Å². The molecule has 2 aromatic rings. The third kappa shape index (κ3) is 7.47. The van der Waals surface area contributed by atoms with Gasteiger partial charge in [-0.3, -0.25) is 0 Å². The minimum absolute atomic E-state index is 0.0195. The van der Waals surface area contributed by atoms with Crippen LogP contribution in [0.15, 0.2) is 41.4 Å². The van der Waals surface area contributed by atoms with E-state index < -0.39 is 40.9 Å². The molecule has 0 bridgehead atoms. The molecule has 0 spiro atoms. The van der Waals surface area contributed by atoms with E-state index in [2.05, 4.69) is 15.6 Å². The second-order valence-electron chi connectivity index (χ2n) is 8.20. The first-order chi connectivity index (χ1) is 15.8. The lowest BCUT2D eigenvalue weighted by molar-refractivity contribution is -0.138. The topological polar surface area (TPSA) is 123 Å². The molecule has 1 fully saturated rings. The number of rotatable bonds is 7. The smallest absolute Gasteiger partial charge is 0.407 e. The Bertz CT molecular complexity index is 1130. The Balaban J connectivity index is 1.55. The SMILES string of the molecule is C[C@@H](CC(F)(F)F)NC(=O)O[C@@H]1CC[C@H](c2cnc(Nc3ccc(S(N)(=O)=O)cc3)c(Cl)c2)C1. The highest BCUT2D eigenvalue weighted by atomic mass is 35.5. The maximum atomic E-state index is 12.4. The Hall–Kier alpha value is -2.57. The number of aromatic nitrogens is 1. The van der Waals surface area contributed by atoms with Crippen LogP contribution in [0.1, 0.15) is 44.1 Å². The average Bonchev–Trinajstić information content (AvgIpc) is 3.16. The molecule has 1 aromatic heterocycles. The third-order valence-electron chi connectivity index (χ3n) is 5.34. The van der Waals surface area contributed by atoms with Crippen LogP contribution in [0.5, 0.6) is 0 Å². The number of halogens is 4. The van der Waals surface area contributed by atoms with Crippen LogP contribution in [0.4, 0.5) is 29.5 Å². The van der Waals surface area contributed by atoms with Gasteiger partial charge in [0.1, 0.15) is 11.9 Å². The first-order valence-corrected chi connectivity index (χ1v) is 12.3. The molecule has 1 saturated carbocycles. The Morgan fingerprint density at radius 1 is 1.29 bits per heavy atom. The summed E-state index contributed by atoms with van der Waals surface area (Å²) in [4.78, 5) is 16.2. The van der Waals surface area contributed by atoms with E-state index in [-0.39, 0.29) is 10.8 Å². The van der Waals surface area contributed by atoms with E-state index >= 15 is 0 Å². The number of alkyl carbamates (subject to hydrolysis) is 1. The summed E-state index contributed by atoms with van der Waals surface area (Å²) in [6.07, 6.45) is -3.37. The van der Waals surface area contributed by atoms with Crippen molar-refractivity contribution in [2.24, 2.45) is 5.14 Å². The molecule has 0 unspecified atom stereocenters. The quantitative estimate of drug-likeness (QED) is 0.480. The third-order valence-corrected chi connectivity index (χ3v) is 6.56. The Labute approximate surface area is 200 Å². The molecule has 1 aliphatic carbocycles. The number of sulfonamides is 1. The van der Waals surface area contributed by atoms with Crippen molar-refractivity contribution in [1.82, 2.24) is 10.3 Å². The molecule has 1 heterocycles. The van der Waals surface area contributed by atoms with Gasteiger partial charge in [-0.25, -0.2) is 23.3 Å². The van der Waals surface area contributed by atoms with Crippen molar-refractivity contribution in [1.29, 1.82) is 0 Å². The van der Waals surface area contributed by atoms with E-state index in [9.17, 15) is 26.4 Å². The Morgan fingerprint density at radius 2 is 1.97 bits per heavy atom. The zero-order valence-corrected chi connectivity index (χ0v) is 19.7. The molecule has 186 valence electrons. The summed E-state index contributed by atoms with van der Waals surface area (Å²) in [6.45, 7) is 1.27. The molecule has 34 heavy (non-hydrogen) atoms. The highest BCUT2D eigenvalue weighted by Gasteiger charge is 2.32. The molecule has 3 atom stereocenters. The molecule has 0 saturated heterocycles. The number of primary sulfonamides is 1. The molecular weight excluding hydrogens is 497 g/mol. The van der Waals surface area contributed by atoms with E-state index in [4.69, 9.17) is 21.5 Å². The number of hydrogen-bond donors (Lipinski definition) is 3. The molecule has 13 heteroatoms. The number of carbonyl (C=O) groups excluding carboxylic acids is 1. The van der Waals surface area contributed by atoms with Crippen LogP contribution >= 0.6 is 11.6 Å². The molecule has 0 radical (unpaired) electrons. The number of alkyl halides is 3.